The van der Waals surface area contributed by atoms with Crippen LogP contribution >= 0.6 is 0 Å². The third-order valence-corrected chi connectivity index (χ3v) is 5.92. The third kappa shape index (κ3) is 4.00. The molecule has 8 nitrogen and oxygen atoms in total. The maximum Gasteiger partial charge on any atom is 0.317 e. The molecule has 0 unspecified atom stereocenters. The fourth-order valence-corrected chi connectivity index (χ4v) is 4.22. The molecule has 164 valence electrons. The third-order valence-electron chi connectivity index (χ3n) is 5.92. The number of benzene rings is 2. The summed E-state index contributed by atoms with van der Waals surface area (Å²) in [5.74, 6) is 0.158. The van der Waals surface area contributed by atoms with Gasteiger partial charge in [-0.2, -0.15) is 0 Å². The number of nitrogens with zero attached hydrogens (tertiary/aromatic N) is 2. The van der Waals surface area contributed by atoms with Gasteiger partial charge in [-0.1, -0.05) is 6.07 Å². The average Bonchev–Trinajstić information content (AvgIpc) is 3.01. The SMILES string of the molecule is COc1ccc(F)cc1-c1ccc(OCC(N)=O)c(CN2CC3(CNC(=O)N3C)C2)c1. The van der Waals surface area contributed by atoms with E-state index < -0.39 is 5.91 Å². The van der Waals surface area contributed by atoms with Gasteiger partial charge in [-0.3, -0.25) is 9.69 Å². The highest BCUT2D eigenvalue weighted by Crippen LogP contribution is 2.36. The van der Waals surface area contributed by atoms with Gasteiger partial charge in [-0.25, -0.2) is 9.18 Å². The summed E-state index contributed by atoms with van der Waals surface area (Å²) in [5.41, 5.74) is 7.26. The number of primary amides is 1. The first-order chi connectivity index (χ1) is 14.8. The monoisotopic (exact) mass is 428 g/mol. The number of methoxy groups -OCH3 is 1. The van der Waals surface area contributed by atoms with Crippen LogP contribution in [0.15, 0.2) is 36.4 Å². The molecular formula is C22H25FN4O4. The number of likely N-dealkylation sites (N-methyl/N-ethyl adjacent to an activating group) is 1. The smallest absolute Gasteiger partial charge is 0.317 e. The largest absolute Gasteiger partial charge is 0.496 e. The molecule has 2 aliphatic rings. The van der Waals surface area contributed by atoms with Crippen LogP contribution in [0.2, 0.25) is 0 Å². The number of halogens is 1. The standard InChI is InChI=1S/C22H25FN4O4/c1-26-21(29)25-11-22(26)12-27(13-22)9-15-7-14(3-5-18(15)31-10-20(24)28)17-8-16(23)4-6-19(17)30-2/h3-8H,9-13H2,1-2H3,(H2,24,28)(H,25,29). The molecule has 2 aromatic rings. The number of ether oxygens (including phenoxy) is 2. The predicted molar refractivity (Wildman–Crippen MR) is 112 cm³/mol. The Bertz CT molecular complexity index is 1020. The van der Waals surface area contributed by atoms with Gasteiger partial charge in [0, 0.05) is 44.4 Å². The molecule has 2 heterocycles. The molecule has 0 saturated carbocycles. The van der Waals surface area contributed by atoms with Crippen LogP contribution in [0.5, 0.6) is 11.5 Å². The van der Waals surface area contributed by atoms with Crippen LogP contribution < -0.4 is 20.5 Å². The highest BCUT2D eigenvalue weighted by molar-refractivity contribution is 5.78. The molecule has 2 fully saturated rings. The van der Waals surface area contributed by atoms with Crippen molar-refractivity contribution in [3.8, 4) is 22.6 Å². The number of nitrogens with one attached hydrogen (secondary N) is 1. The van der Waals surface area contributed by atoms with E-state index in [1.807, 2.05) is 6.07 Å². The summed E-state index contributed by atoms with van der Waals surface area (Å²) in [6.45, 7) is 2.35. The van der Waals surface area contributed by atoms with Crippen LogP contribution in [0.1, 0.15) is 5.56 Å². The van der Waals surface area contributed by atoms with Crippen molar-refractivity contribution in [2.75, 3.05) is 40.4 Å². The zero-order valence-electron chi connectivity index (χ0n) is 17.5. The molecule has 2 saturated heterocycles. The Hall–Kier alpha value is -3.33. The highest BCUT2D eigenvalue weighted by Gasteiger charge is 2.51. The Labute approximate surface area is 179 Å². The Balaban J connectivity index is 1.60. The number of carbonyl (C=O) groups is 2. The molecule has 4 rings (SSSR count). The molecule has 2 aliphatic heterocycles. The van der Waals surface area contributed by atoms with Gasteiger partial charge < -0.3 is 25.4 Å². The first-order valence-corrected chi connectivity index (χ1v) is 9.93. The molecule has 31 heavy (non-hydrogen) atoms. The summed E-state index contributed by atoms with van der Waals surface area (Å²) in [4.78, 5) is 27.0. The van der Waals surface area contributed by atoms with Crippen LogP contribution in [-0.2, 0) is 11.3 Å². The van der Waals surface area contributed by atoms with Crippen LogP contribution in [0, 0.1) is 5.82 Å². The second-order valence-corrected chi connectivity index (χ2v) is 8.01. The van der Waals surface area contributed by atoms with Gasteiger partial charge in [0.2, 0.25) is 0 Å². The molecular weight excluding hydrogens is 403 g/mol. The minimum absolute atomic E-state index is 0.0645. The molecule has 0 atom stereocenters. The molecule has 1 spiro atoms. The minimum Gasteiger partial charge on any atom is -0.496 e. The Morgan fingerprint density at radius 2 is 1.97 bits per heavy atom. The van der Waals surface area contributed by atoms with E-state index >= 15 is 0 Å². The topological polar surface area (TPSA) is 97.1 Å². The van der Waals surface area contributed by atoms with Crippen molar-refractivity contribution in [3.63, 3.8) is 0 Å². The number of urea groups is 1. The van der Waals surface area contributed by atoms with Crippen molar-refractivity contribution < 1.29 is 23.5 Å². The van der Waals surface area contributed by atoms with Crippen LogP contribution in [0.3, 0.4) is 0 Å². The summed E-state index contributed by atoms with van der Waals surface area (Å²) in [6, 6.07) is 9.74. The van der Waals surface area contributed by atoms with E-state index in [4.69, 9.17) is 15.2 Å². The van der Waals surface area contributed by atoms with Crippen molar-refractivity contribution in [1.82, 2.24) is 15.1 Å². The van der Waals surface area contributed by atoms with Crippen molar-refractivity contribution in [3.05, 3.63) is 47.8 Å². The van der Waals surface area contributed by atoms with E-state index in [1.165, 1.54) is 19.2 Å². The zero-order chi connectivity index (χ0) is 22.2. The summed E-state index contributed by atoms with van der Waals surface area (Å²) in [6.07, 6.45) is 0. The first kappa shape index (κ1) is 20.9. The molecule has 0 bridgehead atoms. The van der Waals surface area contributed by atoms with E-state index in [-0.39, 0.29) is 24.0 Å². The Kier molecular flexibility index (Phi) is 5.45. The van der Waals surface area contributed by atoms with Crippen LogP contribution in [-0.4, -0.2) is 67.7 Å². The summed E-state index contributed by atoms with van der Waals surface area (Å²) >= 11 is 0. The molecule has 0 radical (unpaired) electrons. The van der Waals surface area contributed by atoms with Crippen LogP contribution in [0.4, 0.5) is 9.18 Å². The van der Waals surface area contributed by atoms with Gasteiger partial charge in [-0.15, -0.1) is 0 Å². The Morgan fingerprint density at radius 1 is 1.23 bits per heavy atom. The maximum absolute atomic E-state index is 13.9. The van der Waals surface area contributed by atoms with Gasteiger partial charge in [0.15, 0.2) is 6.61 Å². The second kappa shape index (κ2) is 8.07. The second-order valence-electron chi connectivity index (χ2n) is 8.01. The number of hydrogen-bond acceptors (Lipinski definition) is 5. The number of nitrogens with two attached hydrogens (primary N) is 1. The van der Waals surface area contributed by atoms with Gasteiger partial charge in [0.05, 0.1) is 12.6 Å². The lowest BCUT2D eigenvalue weighted by atomic mass is 9.89. The minimum atomic E-state index is -0.568. The van der Waals surface area contributed by atoms with E-state index in [0.29, 0.717) is 43.2 Å². The molecule has 3 amide bonds. The molecule has 3 N–H and O–H groups in total. The molecule has 2 aromatic carbocycles. The lowest BCUT2D eigenvalue weighted by molar-refractivity contribution is -0.119. The van der Waals surface area contributed by atoms with Crippen molar-refractivity contribution >= 4 is 11.9 Å². The van der Waals surface area contributed by atoms with E-state index in [1.54, 1.807) is 30.1 Å². The summed E-state index contributed by atoms with van der Waals surface area (Å²) in [7, 11) is 3.34. The normalized spacial score (nSPS) is 17.4. The number of carbonyl (C=O) groups excluding carboxylic acids is 2. The van der Waals surface area contributed by atoms with Gasteiger partial charge in [-0.05, 0) is 35.9 Å². The predicted octanol–water partition coefficient (Wildman–Crippen LogP) is 1.57. The maximum atomic E-state index is 13.9. The van der Waals surface area contributed by atoms with E-state index in [0.717, 1.165) is 11.1 Å². The fourth-order valence-electron chi connectivity index (χ4n) is 4.22. The zero-order valence-corrected chi connectivity index (χ0v) is 17.5. The van der Waals surface area contributed by atoms with E-state index in [2.05, 4.69) is 10.2 Å². The fraction of sp³-hybridized carbons (Fsp3) is 0.364. The number of hydrogen-bond donors (Lipinski definition) is 2. The number of likely N-dealkylation sites (tertiary alicyclic amines) is 1. The van der Waals surface area contributed by atoms with E-state index in [9.17, 15) is 14.0 Å². The highest BCUT2D eigenvalue weighted by atomic mass is 19.1. The van der Waals surface area contributed by atoms with Gasteiger partial charge in [0.25, 0.3) is 5.91 Å². The summed E-state index contributed by atoms with van der Waals surface area (Å²) < 4.78 is 24.9. The lowest BCUT2D eigenvalue weighted by Gasteiger charge is -2.50. The molecule has 0 aromatic heterocycles. The van der Waals surface area contributed by atoms with Gasteiger partial charge in [0.1, 0.15) is 17.3 Å². The van der Waals surface area contributed by atoms with Crippen molar-refractivity contribution in [2.45, 2.75) is 12.1 Å². The lowest BCUT2D eigenvalue weighted by Crippen LogP contribution is -2.68. The average molecular weight is 428 g/mol. The molecule has 9 heteroatoms. The molecule has 0 aliphatic carbocycles. The first-order valence-electron chi connectivity index (χ1n) is 9.93. The summed E-state index contributed by atoms with van der Waals surface area (Å²) in [5, 5.41) is 2.87. The van der Waals surface area contributed by atoms with Crippen molar-refractivity contribution in [1.29, 1.82) is 0 Å². The van der Waals surface area contributed by atoms with Crippen molar-refractivity contribution in [2.24, 2.45) is 5.73 Å². The number of amides is 3. The Morgan fingerprint density at radius 3 is 2.61 bits per heavy atom. The quantitative estimate of drug-likeness (QED) is 0.698. The number of rotatable bonds is 7. The van der Waals surface area contributed by atoms with Gasteiger partial charge >= 0.3 is 6.03 Å². The van der Waals surface area contributed by atoms with Crippen LogP contribution in [0.25, 0.3) is 11.1 Å².